The lowest BCUT2D eigenvalue weighted by atomic mass is 9.99. The molecule has 0 bridgehead atoms. The number of phosphoric acid groups is 2. The fourth-order valence-electron chi connectivity index (χ4n) is 11.9. The van der Waals surface area contributed by atoms with Crippen molar-refractivity contribution in [2.45, 2.75) is 420 Å². The molecular weight excluding hydrogens is 1270 g/mol. The molecule has 0 aromatic rings. The number of rotatable bonds is 76. The quantitative estimate of drug-likeness (QED) is 0.0222. The standard InChI is InChI=1S/C78H152O17P2/c1-8-11-12-13-14-15-16-17-18-19-20-21-22-27-30-40-47-54-61-77(82)94-73(65-88-75(80)59-52-45-38-29-26-24-23-25-28-35-42-49-56-69(4)5)67-92-96(84,85)90-63-72(79)64-91-97(86,87)93-68-74(95-78(83)62-55-48-41-34-32-37-44-51-58-71(7)10-3)66-89-76(81)60-53-46-39-33-31-36-43-50-57-70(6)9-2/h69-74,79H,8-68H2,1-7H3,(H,84,85)(H,86,87)/t70?,71?,72-,73-,74-/m1/s1. The molecule has 0 aliphatic rings. The van der Waals surface area contributed by atoms with Crippen LogP contribution in [0.25, 0.3) is 0 Å². The fraction of sp³-hybridized carbons (Fsp3) is 0.949. The average molecular weight is 1420 g/mol. The van der Waals surface area contributed by atoms with Gasteiger partial charge in [0.15, 0.2) is 12.2 Å². The first-order chi connectivity index (χ1) is 46.8. The first-order valence-corrected chi connectivity index (χ1v) is 43.4. The zero-order chi connectivity index (χ0) is 71.6. The highest BCUT2D eigenvalue weighted by molar-refractivity contribution is 7.47. The number of hydrogen-bond acceptors (Lipinski definition) is 15. The van der Waals surface area contributed by atoms with E-state index in [9.17, 15) is 43.2 Å². The van der Waals surface area contributed by atoms with Gasteiger partial charge in [-0.25, -0.2) is 9.13 Å². The molecule has 7 atom stereocenters. The fourth-order valence-corrected chi connectivity index (χ4v) is 13.5. The molecule has 0 aromatic carbocycles. The van der Waals surface area contributed by atoms with Crippen LogP contribution in [0.2, 0.25) is 0 Å². The Bertz CT molecular complexity index is 1890. The van der Waals surface area contributed by atoms with Gasteiger partial charge >= 0.3 is 39.5 Å². The smallest absolute Gasteiger partial charge is 0.462 e. The first kappa shape index (κ1) is 95.1. The summed E-state index contributed by atoms with van der Waals surface area (Å²) in [5.74, 6) is 0.213. The van der Waals surface area contributed by atoms with Crippen molar-refractivity contribution in [1.29, 1.82) is 0 Å². The summed E-state index contributed by atoms with van der Waals surface area (Å²) in [6.07, 6.45) is 55.4. The van der Waals surface area contributed by atoms with E-state index in [1.54, 1.807) is 0 Å². The molecule has 576 valence electrons. The highest BCUT2D eigenvalue weighted by Gasteiger charge is 2.30. The number of aliphatic hydroxyl groups excluding tert-OH is 1. The maximum atomic E-state index is 13.1. The van der Waals surface area contributed by atoms with E-state index in [1.807, 2.05) is 0 Å². The lowest BCUT2D eigenvalue weighted by molar-refractivity contribution is -0.161. The molecule has 0 saturated heterocycles. The molecule has 0 fully saturated rings. The van der Waals surface area contributed by atoms with Gasteiger partial charge in [-0.1, -0.05) is 350 Å². The zero-order valence-corrected chi connectivity index (χ0v) is 65.3. The lowest BCUT2D eigenvalue weighted by Crippen LogP contribution is -2.30. The monoisotopic (exact) mass is 1420 g/mol. The van der Waals surface area contributed by atoms with Crippen molar-refractivity contribution in [2.75, 3.05) is 39.6 Å². The Labute approximate surface area is 594 Å². The second-order valence-electron chi connectivity index (χ2n) is 29.1. The van der Waals surface area contributed by atoms with Crippen LogP contribution in [0.3, 0.4) is 0 Å². The summed E-state index contributed by atoms with van der Waals surface area (Å²) in [6.45, 7) is 11.9. The van der Waals surface area contributed by atoms with E-state index in [4.69, 9.17) is 37.0 Å². The van der Waals surface area contributed by atoms with E-state index in [0.717, 1.165) is 108 Å². The van der Waals surface area contributed by atoms with Gasteiger partial charge in [0.05, 0.1) is 26.4 Å². The van der Waals surface area contributed by atoms with Gasteiger partial charge in [0.2, 0.25) is 0 Å². The van der Waals surface area contributed by atoms with Crippen LogP contribution in [0, 0.1) is 17.8 Å². The number of carbonyl (C=O) groups is 4. The largest absolute Gasteiger partial charge is 0.472 e. The van der Waals surface area contributed by atoms with Crippen molar-refractivity contribution < 1.29 is 80.2 Å². The molecule has 0 rings (SSSR count). The van der Waals surface area contributed by atoms with Gasteiger partial charge in [-0.2, -0.15) is 0 Å². The molecule has 0 amide bonds. The third kappa shape index (κ3) is 69.5. The van der Waals surface area contributed by atoms with Gasteiger partial charge in [0.1, 0.15) is 19.3 Å². The number of aliphatic hydroxyl groups is 1. The van der Waals surface area contributed by atoms with E-state index < -0.39 is 97.5 Å². The molecule has 97 heavy (non-hydrogen) atoms. The van der Waals surface area contributed by atoms with Crippen LogP contribution in [0.5, 0.6) is 0 Å². The van der Waals surface area contributed by atoms with Crippen LogP contribution in [-0.4, -0.2) is 96.7 Å². The number of carbonyl (C=O) groups excluding carboxylic acids is 4. The Balaban J connectivity index is 5.26. The topological polar surface area (TPSA) is 237 Å². The molecule has 0 aliphatic carbocycles. The molecule has 0 aliphatic heterocycles. The molecule has 0 heterocycles. The maximum absolute atomic E-state index is 13.1. The van der Waals surface area contributed by atoms with Crippen LogP contribution < -0.4 is 0 Å². The van der Waals surface area contributed by atoms with Crippen molar-refractivity contribution in [3.8, 4) is 0 Å². The first-order valence-electron chi connectivity index (χ1n) is 40.4. The Morgan fingerprint density at radius 3 is 0.784 bits per heavy atom. The predicted molar refractivity (Wildman–Crippen MR) is 395 cm³/mol. The van der Waals surface area contributed by atoms with Crippen molar-refractivity contribution in [2.24, 2.45) is 17.8 Å². The number of phosphoric ester groups is 2. The molecule has 3 N–H and O–H groups in total. The van der Waals surface area contributed by atoms with Crippen LogP contribution >= 0.6 is 15.6 Å². The minimum Gasteiger partial charge on any atom is -0.462 e. The minimum absolute atomic E-state index is 0.105. The van der Waals surface area contributed by atoms with Crippen molar-refractivity contribution in [1.82, 2.24) is 0 Å². The van der Waals surface area contributed by atoms with Crippen LogP contribution in [0.15, 0.2) is 0 Å². The predicted octanol–water partition coefficient (Wildman–Crippen LogP) is 23.0. The summed E-state index contributed by atoms with van der Waals surface area (Å²) in [4.78, 5) is 72.9. The van der Waals surface area contributed by atoms with E-state index in [1.165, 1.54) is 212 Å². The Hall–Kier alpha value is -1.94. The Morgan fingerprint density at radius 1 is 0.299 bits per heavy atom. The zero-order valence-electron chi connectivity index (χ0n) is 63.5. The second kappa shape index (κ2) is 68.5. The van der Waals surface area contributed by atoms with E-state index in [-0.39, 0.29) is 25.7 Å². The maximum Gasteiger partial charge on any atom is 0.472 e. The summed E-state index contributed by atoms with van der Waals surface area (Å²) in [5, 5.41) is 10.6. The molecule has 17 nitrogen and oxygen atoms in total. The number of esters is 4. The lowest BCUT2D eigenvalue weighted by Gasteiger charge is -2.21. The van der Waals surface area contributed by atoms with E-state index in [0.29, 0.717) is 25.7 Å². The van der Waals surface area contributed by atoms with Gasteiger partial charge in [-0.15, -0.1) is 0 Å². The van der Waals surface area contributed by atoms with Crippen molar-refractivity contribution >= 4 is 39.5 Å². The minimum atomic E-state index is -4.96. The SMILES string of the molecule is CCCCCCCCCCCCCCCCCCCCC(=O)O[C@H](COC(=O)CCCCCCCCCCCCCCC(C)C)COP(=O)(O)OC[C@@H](O)COP(=O)(O)OC[C@@H](COC(=O)CCCCCCCCCCC(C)CC)OC(=O)CCCCCCCCCCC(C)CC. The molecule has 0 saturated carbocycles. The molecule has 4 unspecified atom stereocenters. The average Bonchev–Trinajstić information content (AvgIpc) is 1.24. The third-order valence-electron chi connectivity index (χ3n) is 18.9. The van der Waals surface area contributed by atoms with Gasteiger partial charge < -0.3 is 33.8 Å². The number of ether oxygens (including phenoxy) is 4. The van der Waals surface area contributed by atoms with Gasteiger partial charge in [-0.3, -0.25) is 37.3 Å². The molecule has 0 spiro atoms. The van der Waals surface area contributed by atoms with Gasteiger partial charge in [0, 0.05) is 25.7 Å². The van der Waals surface area contributed by atoms with Crippen molar-refractivity contribution in [3.05, 3.63) is 0 Å². The Morgan fingerprint density at radius 2 is 0.526 bits per heavy atom. The van der Waals surface area contributed by atoms with Crippen molar-refractivity contribution in [3.63, 3.8) is 0 Å². The van der Waals surface area contributed by atoms with E-state index in [2.05, 4.69) is 48.5 Å². The molecule has 0 aromatic heterocycles. The summed E-state index contributed by atoms with van der Waals surface area (Å²) in [6, 6.07) is 0. The summed E-state index contributed by atoms with van der Waals surface area (Å²) in [5.41, 5.74) is 0. The Kier molecular flexibility index (Phi) is 67.1. The summed E-state index contributed by atoms with van der Waals surface area (Å²) in [7, 11) is -9.92. The second-order valence-corrected chi connectivity index (χ2v) is 32.0. The summed E-state index contributed by atoms with van der Waals surface area (Å²) >= 11 is 0. The highest BCUT2D eigenvalue weighted by atomic mass is 31.2. The molecular formula is C78H152O17P2. The van der Waals surface area contributed by atoms with Crippen LogP contribution in [-0.2, 0) is 65.4 Å². The number of unbranched alkanes of at least 4 members (excludes halogenated alkanes) is 42. The van der Waals surface area contributed by atoms with Crippen LogP contribution in [0.1, 0.15) is 402 Å². The third-order valence-corrected chi connectivity index (χ3v) is 20.8. The normalized spacial score (nSPS) is 14.6. The summed E-state index contributed by atoms with van der Waals surface area (Å²) < 4.78 is 68.6. The van der Waals surface area contributed by atoms with Gasteiger partial charge in [-0.05, 0) is 43.4 Å². The highest BCUT2D eigenvalue weighted by Crippen LogP contribution is 2.45. The number of hydrogen-bond donors (Lipinski definition) is 3. The van der Waals surface area contributed by atoms with E-state index >= 15 is 0 Å². The van der Waals surface area contributed by atoms with Crippen LogP contribution in [0.4, 0.5) is 0 Å². The molecule has 19 heteroatoms. The molecule has 0 radical (unpaired) electrons. The van der Waals surface area contributed by atoms with Gasteiger partial charge in [0.25, 0.3) is 0 Å².